The molecule has 0 amide bonds. The van der Waals surface area contributed by atoms with Crippen molar-refractivity contribution in [2.45, 2.75) is 6.18 Å². The van der Waals surface area contributed by atoms with Gasteiger partial charge in [-0.1, -0.05) is 0 Å². The Morgan fingerprint density at radius 3 is 2.61 bits per heavy atom. The third kappa shape index (κ3) is 2.84. The zero-order valence-corrected chi connectivity index (χ0v) is 8.85. The van der Waals surface area contributed by atoms with Gasteiger partial charge in [-0.25, -0.2) is 4.98 Å². The molecule has 2 N–H and O–H groups in total. The molecule has 0 saturated carbocycles. The summed E-state index contributed by atoms with van der Waals surface area (Å²) in [5, 5.41) is 0. The fourth-order valence-corrected chi connectivity index (χ4v) is 1.17. The van der Waals surface area contributed by atoms with E-state index in [2.05, 4.69) is 15.0 Å². The highest BCUT2D eigenvalue weighted by molar-refractivity contribution is 5.30. The number of nitrogens with zero attached hydrogens (tertiary/aromatic N) is 3. The topological polar surface area (TPSA) is 73.9 Å². The molecule has 18 heavy (non-hydrogen) atoms. The number of nitrogen functional groups attached to an aromatic ring is 1. The summed E-state index contributed by atoms with van der Waals surface area (Å²) in [5.74, 6) is -0.546. The second-order valence-electron chi connectivity index (χ2n) is 3.24. The maximum Gasteiger partial charge on any atom is 0.433 e. The minimum Gasteiger partial charge on any atom is -0.437 e. The molecule has 0 radical (unpaired) electrons. The van der Waals surface area contributed by atoms with E-state index in [-0.39, 0.29) is 11.6 Å². The van der Waals surface area contributed by atoms with Crippen molar-refractivity contribution in [3.8, 4) is 11.6 Å². The normalized spacial score (nSPS) is 11.3. The number of hydrogen-bond donors (Lipinski definition) is 1. The molecule has 0 aromatic carbocycles. The molecular formula is C10H7F3N4O. The number of ether oxygens (including phenoxy) is 1. The molecule has 0 aliphatic heterocycles. The quantitative estimate of drug-likeness (QED) is 0.892. The van der Waals surface area contributed by atoms with Gasteiger partial charge in [-0.2, -0.15) is 18.2 Å². The van der Waals surface area contributed by atoms with Crippen LogP contribution < -0.4 is 10.5 Å². The van der Waals surface area contributed by atoms with Gasteiger partial charge in [-0.15, -0.1) is 0 Å². The highest BCUT2D eigenvalue weighted by Gasteiger charge is 2.33. The lowest BCUT2D eigenvalue weighted by atomic mass is 10.4. The van der Waals surface area contributed by atoms with Crippen molar-refractivity contribution in [1.29, 1.82) is 0 Å². The zero-order chi connectivity index (χ0) is 13.2. The highest BCUT2D eigenvalue weighted by atomic mass is 19.4. The third-order valence-electron chi connectivity index (χ3n) is 1.87. The SMILES string of the molecule is Nc1nc(Oc2cccnc2)cc(C(F)(F)F)n1. The molecule has 2 aromatic rings. The molecule has 94 valence electrons. The summed E-state index contributed by atoms with van der Waals surface area (Å²) in [7, 11) is 0. The average molecular weight is 256 g/mol. The molecule has 2 rings (SSSR count). The zero-order valence-electron chi connectivity index (χ0n) is 8.85. The second-order valence-corrected chi connectivity index (χ2v) is 3.24. The van der Waals surface area contributed by atoms with Crippen molar-refractivity contribution in [2.24, 2.45) is 0 Å². The molecule has 0 bridgehead atoms. The molecule has 5 nitrogen and oxygen atoms in total. The van der Waals surface area contributed by atoms with Gasteiger partial charge in [0.15, 0.2) is 5.69 Å². The molecule has 8 heteroatoms. The molecule has 0 aliphatic rings. The summed E-state index contributed by atoms with van der Waals surface area (Å²) in [5.41, 5.74) is 4.03. The number of anilines is 1. The van der Waals surface area contributed by atoms with Gasteiger partial charge in [0.25, 0.3) is 0 Å². The van der Waals surface area contributed by atoms with Crippen LogP contribution in [0.2, 0.25) is 0 Å². The Kier molecular flexibility index (Phi) is 3.00. The number of hydrogen-bond acceptors (Lipinski definition) is 5. The minimum absolute atomic E-state index is 0.253. The Morgan fingerprint density at radius 2 is 2.00 bits per heavy atom. The first-order valence-corrected chi connectivity index (χ1v) is 4.75. The predicted octanol–water partition coefficient (Wildman–Crippen LogP) is 2.26. The standard InChI is InChI=1S/C10H7F3N4O/c11-10(12,13)7-4-8(17-9(14)16-7)18-6-2-1-3-15-5-6/h1-5H,(H2,14,16,17). The van der Waals surface area contributed by atoms with Crippen LogP contribution >= 0.6 is 0 Å². The van der Waals surface area contributed by atoms with Crippen LogP contribution in [0, 0.1) is 0 Å². The Labute approximate surface area is 99.5 Å². The van der Waals surface area contributed by atoms with Gasteiger partial charge in [0.05, 0.1) is 6.20 Å². The summed E-state index contributed by atoms with van der Waals surface area (Å²) in [6, 6.07) is 3.77. The number of aromatic nitrogens is 3. The predicted molar refractivity (Wildman–Crippen MR) is 55.8 cm³/mol. The fraction of sp³-hybridized carbons (Fsp3) is 0.100. The van der Waals surface area contributed by atoms with Gasteiger partial charge in [0.2, 0.25) is 11.8 Å². The van der Waals surface area contributed by atoms with Crippen molar-refractivity contribution >= 4 is 5.95 Å². The summed E-state index contributed by atoms with van der Waals surface area (Å²) in [4.78, 5) is 10.4. The van der Waals surface area contributed by atoms with Gasteiger partial charge >= 0.3 is 6.18 Å². The number of rotatable bonds is 2. The van der Waals surface area contributed by atoms with Crippen LogP contribution in [-0.4, -0.2) is 15.0 Å². The van der Waals surface area contributed by atoms with E-state index in [4.69, 9.17) is 10.5 Å². The second kappa shape index (κ2) is 4.47. The van der Waals surface area contributed by atoms with Crippen molar-refractivity contribution < 1.29 is 17.9 Å². The molecule has 0 spiro atoms. The Bertz CT molecular complexity index is 545. The maximum absolute atomic E-state index is 12.5. The van der Waals surface area contributed by atoms with Crippen LogP contribution in [0.3, 0.4) is 0 Å². The first-order valence-electron chi connectivity index (χ1n) is 4.75. The highest BCUT2D eigenvalue weighted by Crippen LogP contribution is 2.30. The third-order valence-corrected chi connectivity index (χ3v) is 1.87. The van der Waals surface area contributed by atoms with Gasteiger partial charge in [0, 0.05) is 12.3 Å². The van der Waals surface area contributed by atoms with Crippen LogP contribution in [-0.2, 0) is 6.18 Å². The van der Waals surface area contributed by atoms with Crippen LogP contribution in [0.4, 0.5) is 19.1 Å². The molecular weight excluding hydrogens is 249 g/mol. The fourth-order valence-electron chi connectivity index (χ4n) is 1.17. The number of pyridine rings is 1. The van der Waals surface area contributed by atoms with Crippen molar-refractivity contribution in [2.75, 3.05) is 5.73 Å². The molecule has 2 heterocycles. The van der Waals surface area contributed by atoms with E-state index < -0.39 is 17.8 Å². The van der Waals surface area contributed by atoms with Gasteiger partial charge in [-0.3, -0.25) is 4.98 Å². The van der Waals surface area contributed by atoms with Gasteiger partial charge in [-0.05, 0) is 12.1 Å². The van der Waals surface area contributed by atoms with E-state index in [0.29, 0.717) is 6.07 Å². The van der Waals surface area contributed by atoms with Crippen LogP contribution in [0.25, 0.3) is 0 Å². The van der Waals surface area contributed by atoms with Gasteiger partial charge in [0.1, 0.15) is 5.75 Å². The van der Waals surface area contributed by atoms with Crippen LogP contribution in [0.15, 0.2) is 30.6 Å². The Balaban J connectivity index is 2.32. The van der Waals surface area contributed by atoms with E-state index in [1.54, 1.807) is 6.07 Å². The van der Waals surface area contributed by atoms with E-state index in [1.807, 2.05) is 0 Å². The lowest BCUT2D eigenvalue weighted by Crippen LogP contribution is -2.11. The average Bonchev–Trinajstić information content (AvgIpc) is 2.28. The lowest BCUT2D eigenvalue weighted by Gasteiger charge is -2.09. The summed E-state index contributed by atoms with van der Waals surface area (Å²) < 4.78 is 42.5. The maximum atomic E-state index is 12.5. The van der Waals surface area contributed by atoms with E-state index in [0.717, 1.165) is 0 Å². The number of alkyl halides is 3. The van der Waals surface area contributed by atoms with Crippen LogP contribution in [0.5, 0.6) is 11.6 Å². The van der Waals surface area contributed by atoms with E-state index >= 15 is 0 Å². The molecule has 0 saturated heterocycles. The monoisotopic (exact) mass is 256 g/mol. The first-order chi connectivity index (χ1) is 8.45. The van der Waals surface area contributed by atoms with E-state index in [9.17, 15) is 13.2 Å². The first kappa shape index (κ1) is 12.1. The van der Waals surface area contributed by atoms with Gasteiger partial charge < -0.3 is 10.5 Å². The summed E-state index contributed by atoms with van der Waals surface area (Å²) in [6.45, 7) is 0. The molecule has 2 aromatic heterocycles. The van der Waals surface area contributed by atoms with E-state index in [1.165, 1.54) is 18.5 Å². The number of nitrogens with two attached hydrogens (primary N) is 1. The lowest BCUT2D eigenvalue weighted by molar-refractivity contribution is -0.141. The summed E-state index contributed by atoms with van der Waals surface area (Å²) >= 11 is 0. The number of halogens is 3. The molecule has 0 unspecified atom stereocenters. The summed E-state index contributed by atoms with van der Waals surface area (Å²) in [6.07, 6.45) is -1.77. The Morgan fingerprint density at radius 1 is 1.22 bits per heavy atom. The molecule has 0 aliphatic carbocycles. The molecule has 0 atom stereocenters. The molecule has 0 fully saturated rings. The van der Waals surface area contributed by atoms with Crippen molar-refractivity contribution in [3.05, 3.63) is 36.3 Å². The van der Waals surface area contributed by atoms with Crippen molar-refractivity contribution in [3.63, 3.8) is 0 Å². The van der Waals surface area contributed by atoms with Crippen molar-refractivity contribution in [1.82, 2.24) is 15.0 Å². The smallest absolute Gasteiger partial charge is 0.433 e. The van der Waals surface area contributed by atoms with Crippen LogP contribution in [0.1, 0.15) is 5.69 Å². The Hall–Kier alpha value is -2.38. The largest absolute Gasteiger partial charge is 0.437 e. The minimum atomic E-state index is -4.61.